The number of aromatic nitrogens is 4. The van der Waals surface area contributed by atoms with Crippen LogP contribution in [0.15, 0.2) is 29.9 Å². The van der Waals surface area contributed by atoms with E-state index in [0.717, 1.165) is 42.2 Å². The fraction of sp³-hybridized carbons (Fsp3) is 0.455. The summed E-state index contributed by atoms with van der Waals surface area (Å²) >= 11 is 0. The Morgan fingerprint density at radius 2 is 1.80 bits per heavy atom. The molecule has 0 N–H and O–H groups in total. The molecule has 1 fully saturated rings. The van der Waals surface area contributed by atoms with Gasteiger partial charge in [0, 0.05) is 25.1 Å². The highest BCUT2D eigenvalue weighted by Gasteiger charge is 2.26. The van der Waals surface area contributed by atoms with Crippen molar-refractivity contribution >= 4 is 22.7 Å². The molecule has 156 valence electrons. The van der Waals surface area contributed by atoms with Crippen molar-refractivity contribution in [3.63, 3.8) is 0 Å². The minimum absolute atomic E-state index is 0.0423. The maximum absolute atomic E-state index is 5.80. The van der Waals surface area contributed by atoms with Crippen LogP contribution < -0.4 is 4.90 Å². The summed E-state index contributed by atoms with van der Waals surface area (Å²) in [5, 5.41) is 4.42. The first kappa shape index (κ1) is 19.0. The van der Waals surface area contributed by atoms with Gasteiger partial charge in [0.15, 0.2) is 23.1 Å². The van der Waals surface area contributed by atoms with E-state index < -0.39 is 0 Å². The molecule has 2 aromatic heterocycles. The number of benzene rings is 1. The van der Waals surface area contributed by atoms with Crippen molar-refractivity contribution in [1.29, 1.82) is 0 Å². The minimum Gasteiger partial charge on any atom is -0.390 e. The van der Waals surface area contributed by atoms with Gasteiger partial charge in [-0.25, -0.2) is 15.0 Å². The number of rotatable bonds is 4. The maximum Gasteiger partial charge on any atom is 0.165 e. The summed E-state index contributed by atoms with van der Waals surface area (Å²) in [6, 6.07) is 4.40. The number of anilines is 1. The molecule has 8 heteroatoms. The van der Waals surface area contributed by atoms with Crippen LogP contribution in [0.5, 0.6) is 0 Å². The van der Waals surface area contributed by atoms with Gasteiger partial charge in [-0.15, -0.1) is 0 Å². The molecule has 2 aliphatic rings. The minimum atomic E-state index is -0.0423. The van der Waals surface area contributed by atoms with Gasteiger partial charge >= 0.3 is 0 Å². The summed E-state index contributed by atoms with van der Waals surface area (Å²) < 4.78 is 7.50. The van der Waals surface area contributed by atoms with Crippen LogP contribution >= 0.6 is 0 Å². The Labute approximate surface area is 175 Å². The average Bonchev–Trinajstić information content (AvgIpc) is 3.36. The molecule has 4 heterocycles. The Morgan fingerprint density at radius 1 is 1.03 bits per heavy atom. The Kier molecular flexibility index (Phi) is 4.86. The van der Waals surface area contributed by atoms with Crippen molar-refractivity contribution < 1.29 is 9.57 Å². The zero-order valence-electron chi connectivity index (χ0n) is 17.6. The molecule has 3 aromatic rings. The van der Waals surface area contributed by atoms with Crippen molar-refractivity contribution in [2.45, 2.75) is 39.8 Å². The second-order valence-electron chi connectivity index (χ2n) is 8.11. The smallest absolute Gasteiger partial charge is 0.165 e. The maximum atomic E-state index is 5.80. The lowest BCUT2D eigenvalue weighted by Gasteiger charge is -2.27. The van der Waals surface area contributed by atoms with Gasteiger partial charge in [0.25, 0.3) is 0 Å². The van der Waals surface area contributed by atoms with Gasteiger partial charge in [-0.1, -0.05) is 22.9 Å². The van der Waals surface area contributed by atoms with E-state index in [9.17, 15) is 0 Å². The summed E-state index contributed by atoms with van der Waals surface area (Å²) in [6.07, 6.45) is 4.17. The van der Waals surface area contributed by atoms with Crippen LogP contribution in [0.4, 0.5) is 5.82 Å². The Hall–Kier alpha value is -3.00. The number of hydrogen-bond donors (Lipinski definition) is 0. The molecule has 0 radical (unpaired) electrons. The van der Waals surface area contributed by atoms with E-state index in [1.807, 2.05) is 10.9 Å². The topological polar surface area (TPSA) is 77.7 Å². The summed E-state index contributed by atoms with van der Waals surface area (Å²) in [5.41, 5.74) is 7.62. The molecule has 0 bridgehead atoms. The van der Waals surface area contributed by atoms with Crippen molar-refractivity contribution in [3.05, 3.63) is 47.0 Å². The normalized spacial score (nSPS) is 19.2. The summed E-state index contributed by atoms with van der Waals surface area (Å²) in [6.45, 7) is 10.1. The van der Waals surface area contributed by atoms with Crippen molar-refractivity contribution in [3.8, 4) is 0 Å². The van der Waals surface area contributed by atoms with Crippen LogP contribution in [0.1, 0.15) is 28.7 Å². The Bertz CT molecular complexity index is 1090. The molecule has 0 aliphatic carbocycles. The summed E-state index contributed by atoms with van der Waals surface area (Å²) in [5.74, 6) is 0.872. The second-order valence-corrected chi connectivity index (χ2v) is 8.11. The van der Waals surface area contributed by atoms with E-state index in [4.69, 9.17) is 9.57 Å². The first-order valence-corrected chi connectivity index (χ1v) is 10.4. The number of aryl methyl sites for hydroxylation is 3. The Balaban J connectivity index is 1.35. The quantitative estimate of drug-likeness (QED) is 0.663. The lowest BCUT2D eigenvalue weighted by molar-refractivity contribution is 0.0732. The number of ether oxygens (including phenoxy) is 1. The van der Waals surface area contributed by atoms with E-state index >= 15 is 0 Å². The zero-order valence-corrected chi connectivity index (χ0v) is 17.6. The average molecular weight is 406 g/mol. The van der Waals surface area contributed by atoms with Crippen LogP contribution in [0.3, 0.4) is 0 Å². The fourth-order valence-electron chi connectivity index (χ4n) is 4.54. The van der Waals surface area contributed by atoms with Gasteiger partial charge in [0.2, 0.25) is 0 Å². The van der Waals surface area contributed by atoms with Crippen LogP contribution in [0.2, 0.25) is 0 Å². The lowest BCUT2D eigenvalue weighted by atomic mass is 9.94. The highest BCUT2D eigenvalue weighted by atomic mass is 16.6. The van der Waals surface area contributed by atoms with Crippen LogP contribution in [0.25, 0.3) is 11.2 Å². The molecule has 8 nitrogen and oxygen atoms in total. The molecule has 0 saturated carbocycles. The predicted molar refractivity (Wildman–Crippen MR) is 115 cm³/mol. The predicted octanol–water partition coefficient (Wildman–Crippen LogP) is 2.78. The van der Waals surface area contributed by atoms with Gasteiger partial charge in [0.1, 0.15) is 6.33 Å². The van der Waals surface area contributed by atoms with Crippen molar-refractivity contribution in [2.75, 3.05) is 31.2 Å². The van der Waals surface area contributed by atoms with E-state index in [0.29, 0.717) is 19.8 Å². The molecule has 1 saturated heterocycles. The van der Waals surface area contributed by atoms with Gasteiger partial charge < -0.3 is 19.0 Å². The van der Waals surface area contributed by atoms with E-state index in [2.05, 4.69) is 57.9 Å². The monoisotopic (exact) mass is 406 g/mol. The molecular formula is C22H26N6O2. The molecule has 2 aliphatic heterocycles. The molecule has 30 heavy (non-hydrogen) atoms. The van der Waals surface area contributed by atoms with E-state index in [-0.39, 0.29) is 6.10 Å². The van der Waals surface area contributed by atoms with Gasteiger partial charge in [-0.2, -0.15) is 0 Å². The summed E-state index contributed by atoms with van der Waals surface area (Å²) in [4.78, 5) is 21.6. The number of oxime groups is 1. The van der Waals surface area contributed by atoms with Gasteiger partial charge in [-0.3, -0.25) is 0 Å². The molecule has 1 aromatic carbocycles. The van der Waals surface area contributed by atoms with E-state index in [1.165, 1.54) is 22.3 Å². The third-order valence-electron chi connectivity index (χ3n) is 5.79. The first-order chi connectivity index (χ1) is 14.6. The fourth-order valence-corrected chi connectivity index (χ4v) is 4.54. The van der Waals surface area contributed by atoms with Crippen molar-refractivity contribution in [2.24, 2.45) is 5.16 Å². The second kappa shape index (κ2) is 7.68. The highest BCUT2D eigenvalue weighted by molar-refractivity contribution is 6.03. The van der Waals surface area contributed by atoms with Gasteiger partial charge in [-0.05, 0) is 31.9 Å². The molecular weight excluding hydrogens is 380 g/mol. The standard InChI is InChI=1S/C22H26N6O2/c1-14-8-15(2)19(16(3)9-14)18-10-17(30-26-18)11-28-13-25-20-21(23-12-24-22(20)28)27-4-6-29-7-5-27/h8-9,12-13,17H,4-7,10-11H2,1-3H3. The van der Waals surface area contributed by atoms with Gasteiger partial charge in [0.05, 0.1) is 31.8 Å². The number of morpholine rings is 1. The third-order valence-corrected chi connectivity index (χ3v) is 5.79. The number of nitrogens with zero attached hydrogens (tertiary/aromatic N) is 6. The largest absolute Gasteiger partial charge is 0.390 e. The van der Waals surface area contributed by atoms with Crippen LogP contribution in [-0.4, -0.2) is 57.6 Å². The first-order valence-electron chi connectivity index (χ1n) is 10.4. The highest BCUT2D eigenvalue weighted by Crippen LogP contribution is 2.26. The molecule has 5 rings (SSSR count). The third kappa shape index (κ3) is 3.41. The molecule has 0 amide bonds. The number of fused-ring (bicyclic) bond motifs is 1. The lowest BCUT2D eigenvalue weighted by Crippen LogP contribution is -2.37. The van der Waals surface area contributed by atoms with Crippen LogP contribution in [0, 0.1) is 20.8 Å². The number of imidazole rings is 1. The number of hydrogen-bond acceptors (Lipinski definition) is 7. The zero-order chi connectivity index (χ0) is 20.7. The van der Waals surface area contributed by atoms with Crippen LogP contribution in [-0.2, 0) is 16.1 Å². The Morgan fingerprint density at radius 3 is 2.57 bits per heavy atom. The molecule has 1 unspecified atom stereocenters. The molecule has 1 atom stereocenters. The SMILES string of the molecule is Cc1cc(C)c(C2=NOC(Cn3cnc4c(N5CCOCC5)ncnc43)C2)c(C)c1. The van der Waals surface area contributed by atoms with E-state index in [1.54, 1.807) is 6.33 Å². The summed E-state index contributed by atoms with van der Waals surface area (Å²) in [7, 11) is 0. The van der Waals surface area contributed by atoms with Crippen molar-refractivity contribution in [1.82, 2.24) is 19.5 Å². The molecule has 0 spiro atoms.